The van der Waals surface area contributed by atoms with Crippen molar-refractivity contribution in [3.63, 3.8) is 0 Å². The molecule has 1 heterocycles. The van der Waals surface area contributed by atoms with E-state index < -0.39 is 0 Å². The van der Waals surface area contributed by atoms with E-state index in [0.717, 1.165) is 30.2 Å². The van der Waals surface area contributed by atoms with E-state index in [4.69, 9.17) is 16.3 Å². The predicted molar refractivity (Wildman–Crippen MR) is 83.4 cm³/mol. The third-order valence-electron chi connectivity index (χ3n) is 3.27. The van der Waals surface area contributed by atoms with Crippen LogP contribution in [0.15, 0.2) is 23.1 Å². The number of thioether (sulfide) groups is 1. The Morgan fingerprint density at radius 2 is 2.40 bits per heavy atom. The van der Waals surface area contributed by atoms with Crippen molar-refractivity contribution in [2.24, 2.45) is 0 Å². The van der Waals surface area contributed by atoms with Crippen molar-refractivity contribution >= 4 is 29.3 Å². The molecule has 0 aliphatic carbocycles. The first-order valence-corrected chi connectivity index (χ1v) is 8.38. The first kappa shape index (κ1) is 15.7. The maximum atomic E-state index is 11.3. The number of ether oxygens (including phenoxy) is 1. The van der Waals surface area contributed by atoms with Crippen LogP contribution in [0.4, 0.5) is 0 Å². The van der Waals surface area contributed by atoms with Gasteiger partial charge in [-0.05, 0) is 55.8 Å². The minimum absolute atomic E-state index is 0.114. The molecule has 1 atom stereocenters. The van der Waals surface area contributed by atoms with E-state index in [0.29, 0.717) is 19.1 Å². The molecule has 2 rings (SSSR count). The molecule has 1 aromatic rings. The summed E-state index contributed by atoms with van der Waals surface area (Å²) in [6.07, 6.45) is 2.38. The number of carbonyl (C=O) groups is 1. The van der Waals surface area contributed by atoms with E-state index in [9.17, 15) is 4.79 Å². The molecule has 0 aromatic heterocycles. The molecule has 3 nitrogen and oxygen atoms in total. The number of halogens is 1. The van der Waals surface area contributed by atoms with Gasteiger partial charge in [0.15, 0.2) is 0 Å². The van der Waals surface area contributed by atoms with Crippen LogP contribution in [-0.4, -0.2) is 24.9 Å². The number of hydrogen-bond acceptors (Lipinski definition) is 4. The Morgan fingerprint density at radius 1 is 1.55 bits per heavy atom. The Labute approximate surface area is 129 Å². The van der Waals surface area contributed by atoms with Gasteiger partial charge in [0.1, 0.15) is 0 Å². The Hall–Kier alpha value is -0.710. The number of hydrogen-bond donors (Lipinski definition) is 1. The van der Waals surface area contributed by atoms with E-state index in [-0.39, 0.29) is 5.97 Å². The average molecular weight is 314 g/mol. The zero-order valence-electron chi connectivity index (χ0n) is 11.7. The molecular formula is C15H20ClNO2S. The lowest BCUT2D eigenvalue weighted by atomic mass is 10.0. The van der Waals surface area contributed by atoms with Gasteiger partial charge in [0.25, 0.3) is 0 Å². The summed E-state index contributed by atoms with van der Waals surface area (Å²) in [6, 6.07) is 6.42. The molecule has 1 aliphatic heterocycles. The van der Waals surface area contributed by atoms with E-state index in [1.807, 2.05) is 30.8 Å². The maximum absolute atomic E-state index is 11.3. The number of carbonyl (C=O) groups excluding carboxylic acids is 1. The second kappa shape index (κ2) is 7.91. The van der Waals surface area contributed by atoms with Gasteiger partial charge in [0, 0.05) is 22.4 Å². The summed E-state index contributed by atoms with van der Waals surface area (Å²) in [5.41, 5.74) is 1.28. The fourth-order valence-electron chi connectivity index (χ4n) is 2.32. The van der Waals surface area contributed by atoms with Crippen molar-refractivity contribution in [2.45, 2.75) is 37.1 Å². The standard InChI is InChI=1S/C15H20ClNO2S/c1-2-19-15(18)4-3-8-17-13-7-9-20-14-6-5-11(16)10-12(13)14/h5-6,10,13,17H,2-4,7-9H2,1H3. The summed E-state index contributed by atoms with van der Waals surface area (Å²) in [5, 5.41) is 4.30. The zero-order valence-corrected chi connectivity index (χ0v) is 13.2. The van der Waals surface area contributed by atoms with Crippen molar-refractivity contribution in [1.82, 2.24) is 5.32 Å². The fraction of sp³-hybridized carbons (Fsp3) is 0.533. The molecule has 0 radical (unpaired) electrons. The Kier molecular flexibility index (Phi) is 6.20. The van der Waals surface area contributed by atoms with Crippen LogP contribution in [-0.2, 0) is 9.53 Å². The van der Waals surface area contributed by atoms with E-state index in [1.54, 1.807) is 0 Å². The summed E-state index contributed by atoms with van der Waals surface area (Å²) in [5.74, 6) is 1.00. The number of benzene rings is 1. The third-order valence-corrected chi connectivity index (χ3v) is 4.62. The summed E-state index contributed by atoms with van der Waals surface area (Å²) in [6.45, 7) is 3.11. The second-order valence-corrected chi connectivity index (χ2v) is 6.31. The topological polar surface area (TPSA) is 38.3 Å². The van der Waals surface area contributed by atoms with Crippen LogP contribution < -0.4 is 5.32 Å². The molecule has 1 aromatic carbocycles. The molecule has 0 bridgehead atoms. The summed E-state index contributed by atoms with van der Waals surface area (Å²) < 4.78 is 4.92. The van der Waals surface area contributed by atoms with Gasteiger partial charge in [-0.3, -0.25) is 4.79 Å². The van der Waals surface area contributed by atoms with Gasteiger partial charge >= 0.3 is 5.97 Å². The molecule has 1 aliphatic rings. The Bertz CT molecular complexity index is 467. The molecular weight excluding hydrogens is 294 g/mol. The van der Waals surface area contributed by atoms with Gasteiger partial charge in [0.05, 0.1) is 6.61 Å². The smallest absolute Gasteiger partial charge is 0.305 e. The van der Waals surface area contributed by atoms with Crippen LogP contribution in [0.5, 0.6) is 0 Å². The van der Waals surface area contributed by atoms with Gasteiger partial charge in [-0.1, -0.05) is 11.6 Å². The minimum atomic E-state index is -0.114. The van der Waals surface area contributed by atoms with Crippen LogP contribution in [0.2, 0.25) is 5.02 Å². The fourth-order valence-corrected chi connectivity index (χ4v) is 3.61. The number of rotatable bonds is 6. The maximum Gasteiger partial charge on any atom is 0.305 e. The minimum Gasteiger partial charge on any atom is -0.466 e. The van der Waals surface area contributed by atoms with Crippen molar-refractivity contribution < 1.29 is 9.53 Å². The highest BCUT2D eigenvalue weighted by atomic mass is 35.5. The summed E-state index contributed by atoms with van der Waals surface area (Å²) in [7, 11) is 0. The molecule has 20 heavy (non-hydrogen) atoms. The van der Waals surface area contributed by atoms with E-state index in [1.165, 1.54) is 10.5 Å². The van der Waals surface area contributed by atoms with Crippen molar-refractivity contribution in [3.8, 4) is 0 Å². The Balaban J connectivity index is 1.83. The van der Waals surface area contributed by atoms with Crippen LogP contribution >= 0.6 is 23.4 Å². The summed E-state index contributed by atoms with van der Waals surface area (Å²) >= 11 is 7.96. The lowest BCUT2D eigenvalue weighted by molar-refractivity contribution is -0.143. The van der Waals surface area contributed by atoms with Gasteiger partial charge in [-0.2, -0.15) is 0 Å². The lowest BCUT2D eigenvalue weighted by Crippen LogP contribution is -2.26. The van der Waals surface area contributed by atoms with Crippen LogP contribution in [0.1, 0.15) is 37.8 Å². The molecule has 0 saturated heterocycles. The van der Waals surface area contributed by atoms with E-state index in [2.05, 4.69) is 11.4 Å². The van der Waals surface area contributed by atoms with E-state index >= 15 is 0 Å². The highest BCUT2D eigenvalue weighted by molar-refractivity contribution is 7.99. The quantitative estimate of drug-likeness (QED) is 0.640. The summed E-state index contributed by atoms with van der Waals surface area (Å²) in [4.78, 5) is 12.6. The monoisotopic (exact) mass is 313 g/mol. The predicted octanol–water partition coefficient (Wildman–Crippen LogP) is 3.81. The van der Waals surface area contributed by atoms with Crippen molar-refractivity contribution in [2.75, 3.05) is 18.9 Å². The molecule has 0 saturated carbocycles. The van der Waals surface area contributed by atoms with Crippen LogP contribution in [0, 0.1) is 0 Å². The van der Waals surface area contributed by atoms with Gasteiger partial charge in [0.2, 0.25) is 0 Å². The molecule has 0 fully saturated rings. The largest absolute Gasteiger partial charge is 0.466 e. The van der Waals surface area contributed by atoms with Crippen molar-refractivity contribution in [1.29, 1.82) is 0 Å². The van der Waals surface area contributed by atoms with Crippen LogP contribution in [0.25, 0.3) is 0 Å². The lowest BCUT2D eigenvalue weighted by Gasteiger charge is -2.26. The SMILES string of the molecule is CCOC(=O)CCCNC1CCSc2ccc(Cl)cc21. The first-order valence-electron chi connectivity index (χ1n) is 7.02. The molecule has 1 N–H and O–H groups in total. The highest BCUT2D eigenvalue weighted by Crippen LogP contribution is 2.37. The normalized spacial score (nSPS) is 17.6. The zero-order chi connectivity index (χ0) is 14.4. The number of nitrogens with one attached hydrogen (secondary N) is 1. The second-order valence-electron chi connectivity index (χ2n) is 4.73. The Morgan fingerprint density at radius 3 is 3.20 bits per heavy atom. The molecule has 0 amide bonds. The average Bonchev–Trinajstić information content (AvgIpc) is 2.44. The highest BCUT2D eigenvalue weighted by Gasteiger charge is 2.20. The number of esters is 1. The third kappa shape index (κ3) is 4.40. The van der Waals surface area contributed by atoms with Gasteiger partial charge in [-0.25, -0.2) is 0 Å². The molecule has 110 valence electrons. The van der Waals surface area contributed by atoms with Gasteiger partial charge in [-0.15, -0.1) is 11.8 Å². The molecule has 5 heteroatoms. The molecule has 0 spiro atoms. The van der Waals surface area contributed by atoms with Crippen molar-refractivity contribution in [3.05, 3.63) is 28.8 Å². The first-order chi connectivity index (χ1) is 9.70. The van der Waals surface area contributed by atoms with Gasteiger partial charge < -0.3 is 10.1 Å². The molecule has 1 unspecified atom stereocenters. The number of fused-ring (bicyclic) bond motifs is 1. The van der Waals surface area contributed by atoms with Crippen LogP contribution in [0.3, 0.4) is 0 Å².